The van der Waals surface area contributed by atoms with Gasteiger partial charge in [-0.25, -0.2) is 14.6 Å². The van der Waals surface area contributed by atoms with Crippen LogP contribution in [0, 0.1) is 5.41 Å². The van der Waals surface area contributed by atoms with E-state index in [1.807, 2.05) is 0 Å². The van der Waals surface area contributed by atoms with E-state index in [1.165, 1.54) is 0 Å². The highest BCUT2D eigenvalue weighted by atomic mass is 17.2. The largest absolute Gasteiger partial charge is 0.481 e. The van der Waals surface area contributed by atoms with Gasteiger partial charge in [0.15, 0.2) is 0 Å². The van der Waals surface area contributed by atoms with Crippen molar-refractivity contribution in [3.63, 3.8) is 0 Å². The Labute approximate surface area is 125 Å². The zero-order valence-electron chi connectivity index (χ0n) is 12.6. The SMILES string of the molecule is C=C(C)C(=O)OCCOOCCC1(CC(=O)O)CCCC1. The minimum Gasteiger partial charge on any atom is -0.481 e. The summed E-state index contributed by atoms with van der Waals surface area (Å²) in [6.07, 6.45) is 4.87. The minimum atomic E-state index is -0.760. The van der Waals surface area contributed by atoms with Crippen molar-refractivity contribution in [3.05, 3.63) is 12.2 Å². The Kier molecular flexibility index (Phi) is 7.39. The van der Waals surface area contributed by atoms with Gasteiger partial charge in [0, 0.05) is 5.57 Å². The van der Waals surface area contributed by atoms with Crippen LogP contribution in [0.25, 0.3) is 0 Å². The Bertz CT molecular complexity index is 370. The Morgan fingerprint density at radius 2 is 1.76 bits per heavy atom. The van der Waals surface area contributed by atoms with E-state index < -0.39 is 11.9 Å². The summed E-state index contributed by atoms with van der Waals surface area (Å²) in [5.41, 5.74) is 0.189. The third-order valence-electron chi connectivity index (χ3n) is 3.74. The number of esters is 1. The number of rotatable bonds is 10. The molecular formula is C15H24O6. The quantitative estimate of drug-likeness (QED) is 0.219. The van der Waals surface area contributed by atoms with Crippen LogP contribution in [-0.2, 0) is 24.1 Å². The van der Waals surface area contributed by atoms with E-state index in [4.69, 9.17) is 19.6 Å². The first-order valence-corrected chi connectivity index (χ1v) is 7.24. The van der Waals surface area contributed by atoms with Crippen molar-refractivity contribution in [1.29, 1.82) is 0 Å². The Morgan fingerprint density at radius 3 is 2.33 bits per heavy atom. The predicted molar refractivity (Wildman–Crippen MR) is 75.4 cm³/mol. The zero-order valence-corrected chi connectivity index (χ0v) is 12.6. The summed E-state index contributed by atoms with van der Waals surface area (Å²) in [7, 11) is 0. The number of hydrogen-bond donors (Lipinski definition) is 1. The summed E-state index contributed by atoms with van der Waals surface area (Å²) in [5, 5.41) is 8.98. The van der Waals surface area contributed by atoms with Gasteiger partial charge in [0.25, 0.3) is 0 Å². The molecule has 0 radical (unpaired) electrons. The molecule has 1 N–H and O–H groups in total. The maximum absolute atomic E-state index is 11.1. The van der Waals surface area contributed by atoms with Gasteiger partial charge in [0.1, 0.15) is 13.2 Å². The molecule has 1 aliphatic carbocycles. The number of carboxylic acids is 1. The van der Waals surface area contributed by atoms with Crippen LogP contribution in [-0.4, -0.2) is 36.9 Å². The highest BCUT2D eigenvalue weighted by Crippen LogP contribution is 2.43. The molecule has 0 bridgehead atoms. The average Bonchev–Trinajstić information content (AvgIpc) is 2.85. The average molecular weight is 300 g/mol. The molecule has 1 saturated carbocycles. The lowest BCUT2D eigenvalue weighted by Gasteiger charge is -2.26. The molecule has 0 aromatic rings. The van der Waals surface area contributed by atoms with E-state index in [2.05, 4.69) is 6.58 Å². The maximum atomic E-state index is 11.1. The molecule has 0 aliphatic heterocycles. The second-order valence-electron chi connectivity index (χ2n) is 5.59. The molecule has 0 aromatic carbocycles. The molecule has 0 atom stereocenters. The normalized spacial score (nSPS) is 16.6. The third kappa shape index (κ3) is 6.73. The minimum absolute atomic E-state index is 0.103. The van der Waals surface area contributed by atoms with Crippen molar-refractivity contribution < 1.29 is 29.2 Å². The number of aliphatic carboxylic acids is 1. The monoisotopic (exact) mass is 300 g/mol. The lowest BCUT2D eigenvalue weighted by molar-refractivity contribution is -0.301. The van der Waals surface area contributed by atoms with Gasteiger partial charge in [-0.1, -0.05) is 19.4 Å². The van der Waals surface area contributed by atoms with Crippen LogP contribution in [0.4, 0.5) is 0 Å². The summed E-state index contributed by atoms with van der Waals surface area (Å²) in [4.78, 5) is 32.0. The molecule has 1 fully saturated rings. The molecule has 6 nitrogen and oxygen atoms in total. The van der Waals surface area contributed by atoms with Crippen LogP contribution in [0.1, 0.15) is 45.4 Å². The first-order chi connectivity index (χ1) is 9.95. The van der Waals surface area contributed by atoms with Gasteiger partial charge >= 0.3 is 11.9 Å². The molecule has 0 heterocycles. The highest BCUT2D eigenvalue weighted by Gasteiger charge is 2.35. The molecule has 0 saturated heterocycles. The number of ether oxygens (including phenoxy) is 1. The number of carboxylic acid groups (broad SMARTS) is 1. The summed E-state index contributed by atoms with van der Waals surface area (Å²) >= 11 is 0. The number of carbonyl (C=O) groups excluding carboxylic acids is 1. The van der Waals surface area contributed by atoms with Gasteiger partial charge < -0.3 is 9.84 Å². The van der Waals surface area contributed by atoms with Crippen molar-refractivity contribution in [2.24, 2.45) is 5.41 Å². The predicted octanol–water partition coefficient (Wildman–Crippen LogP) is 2.48. The zero-order chi connectivity index (χ0) is 15.7. The van der Waals surface area contributed by atoms with Crippen molar-refractivity contribution in [3.8, 4) is 0 Å². The van der Waals surface area contributed by atoms with Crippen molar-refractivity contribution in [2.75, 3.05) is 19.8 Å². The summed E-state index contributed by atoms with van der Waals surface area (Å²) in [6, 6.07) is 0. The van der Waals surface area contributed by atoms with Crippen LogP contribution in [0.3, 0.4) is 0 Å². The molecule has 6 heteroatoms. The molecule has 0 unspecified atom stereocenters. The number of carbonyl (C=O) groups is 2. The molecule has 21 heavy (non-hydrogen) atoms. The second-order valence-corrected chi connectivity index (χ2v) is 5.59. The molecule has 0 amide bonds. The lowest BCUT2D eigenvalue weighted by Crippen LogP contribution is -2.23. The van der Waals surface area contributed by atoms with E-state index in [-0.39, 0.29) is 25.0 Å². The fraction of sp³-hybridized carbons (Fsp3) is 0.733. The fourth-order valence-electron chi connectivity index (χ4n) is 2.63. The van der Waals surface area contributed by atoms with E-state index >= 15 is 0 Å². The summed E-state index contributed by atoms with van der Waals surface area (Å²) in [6.45, 7) is 5.63. The summed E-state index contributed by atoms with van der Waals surface area (Å²) in [5.74, 6) is -1.21. The molecule has 0 spiro atoms. The van der Waals surface area contributed by atoms with Crippen LogP contribution in [0.5, 0.6) is 0 Å². The second kappa shape index (κ2) is 8.79. The van der Waals surface area contributed by atoms with Crippen LogP contribution < -0.4 is 0 Å². The van der Waals surface area contributed by atoms with E-state index in [1.54, 1.807) is 6.92 Å². The molecule has 1 aliphatic rings. The lowest BCUT2D eigenvalue weighted by atomic mass is 9.80. The maximum Gasteiger partial charge on any atom is 0.333 e. The first-order valence-electron chi connectivity index (χ1n) is 7.24. The molecule has 0 aromatic heterocycles. The first kappa shape index (κ1) is 17.7. The molecule has 120 valence electrons. The standard InChI is InChI=1S/C15H24O6/c1-12(2)14(18)19-9-10-21-20-8-7-15(11-13(16)17)5-3-4-6-15/h1,3-11H2,2H3,(H,16,17). The van der Waals surface area contributed by atoms with Gasteiger partial charge in [-0.05, 0) is 31.6 Å². The Hall–Kier alpha value is -1.40. The Balaban J connectivity index is 2.11. The van der Waals surface area contributed by atoms with E-state index in [0.717, 1.165) is 25.7 Å². The smallest absolute Gasteiger partial charge is 0.333 e. The highest BCUT2D eigenvalue weighted by molar-refractivity contribution is 5.86. The molecular weight excluding hydrogens is 276 g/mol. The van der Waals surface area contributed by atoms with Crippen LogP contribution >= 0.6 is 0 Å². The topological polar surface area (TPSA) is 82.1 Å². The Morgan fingerprint density at radius 1 is 1.14 bits per heavy atom. The van der Waals surface area contributed by atoms with Crippen molar-refractivity contribution >= 4 is 11.9 Å². The van der Waals surface area contributed by atoms with Gasteiger partial charge in [-0.15, -0.1) is 0 Å². The van der Waals surface area contributed by atoms with Gasteiger partial charge in [0.05, 0.1) is 13.0 Å². The van der Waals surface area contributed by atoms with Crippen molar-refractivity contribution in [2.45, 2.75) is 45.4 Å². The van der Waals surface area contributed by atoms with Crippen LogP contribution in [0.15, 0.2) is 12.2 Å². The molecule has 1 rings (SSSR count). The third-order valence-corrected chi connectivity index (χ3v) is 3.74. The fourth-order valence-corrected chi connectivity index (χ4v) is 2.63. The van der Waals surface area contributed by atoms with Crippen LogP contribution in [0.2, 0.25) is 0 Å². The van der Waals surface area contributed by atoms with Gasteiger partial charge in [-0.2, -0.15) is 0 Å². The van der Waals surface area contributed by atoms with Gasteiger partial charge in [-0.3, -0.25) is 4.79 Å². The van der Waals surface area contributed by atoms with Gasteiger partial charge in [0.2, 0.25) is 0 Å². The summed E-state index contributed by atoms with van der Waals surface area (Å²) < 4.78 is 4.83. The van der Waals surface area contributed by atoms with Crippen molar-refractivity contribution in [1.82, 2.24) is 0 Å². The van der Waals surface area contributed by atoms with E-state index in [0.29, 0.717) is 18.6 Å². The number of hydrogen-bond acceptors (Lipinski definition) is 5. The van der Waals surface area contributed by atoms with E-state index in [9.17, 15) is 9.59 Å².